The van der Waals surface area contributed by atoms with Gasteiger partial charge in [0.15, 0.2) is 0 Å². The van der Waals surface area contributed by atoms with Crippen LogP contribution in [0.25, 0.3) is 11.0 Å². The first-order valence-corrected chi connectivity index (χ1v) is 9.52. The molecule has 134 valence electrons. The average molecular weight is 414 g/mol. The van der Waals surface area contributed by atoms with Crippen LogP contribution >= 0.6 is 15.9 Å². The molecule has 1 aliphatic heterocycles. The van der Waals surface area contributed by atoms with E-state index in [0.717, 1.165) is 48.2 Å². The lowest BCUT2D eigenvalue weighted by Crippen LogP contribution is -2.49. The van der Waals surface area contributed by atoms with E-state index in [1.165, 1.54) is 5.56 Å². The number of carbonyl (C=O) groups is 1. The number of benzene rings is 2. The number of hydrogen-bond donors (Lipinski definition) is 0. The number of amides is 1. The zero-order valence-electron chi connectivity index (χ0n) is 14.4. The normalized spacial score (nSPS) is 15.5. The van der Waals surface area contributed by atoms with Gasteiger partial charge in [-0.25, -0.2) is 4.68 Å². The molecule has 1 aliphatic rings. The largest absolute Gasteiger partial charge is 0.339 e. The van der Waals surface area contributed by atoms with Crippen LogP contribution in [0.5, 0.6) is 0 Å². The Labute approximate surface area is 160 Å². The van der Waals surface area contributed by atoms with Gasteiger partial charge >= 0.3 is 0 Å². The highest BCUT2D eigenvalue weighted by Crippen LogP contribution is 2.18. The molecule has 1 amide bonds. The Hall–Kier alpha value is -2.25. The van der Waals surface area contributed by atoms with E-state index in [1.54, 1.807) is 4.68 Å². The van der Waals surface area contributed by atoms with Crippen LogP contribution in [0.1, 0.15) is 5.56 Å². The first kappa shape index (κ1) is 17.2. The van der Waals surface area contributed by atoms with Crippen LogP contribution in [-0.2, 0) is 17.9 Å². The van der Waals surface area contributed by atoms with E-state index in [4.69, 9.17) is 0 Å². The number of fused-ring (bicyclic) bond motifs is 1. The van der Waals surface area contributed by atoms with Gasteiger partial charge in [0, 0.05) is 37.2 Å². The number of halogens is 1. The van der Waals surface area contributed by atoms with Gasteiger partial charge in [0.25, 0.3) is 0 Å². The molecule has 0 atom stereocenters. The fraction of sp³-hybridized carbons (Fsp3) is 0.316. The van der Waals surface area contributed by atoms with E-state index >= 15 is 0 Å². The molecule has 26 heavy (non-hydrogen) atoms. The Balaban J connectivity index is 1.34. The lowest BCUT2D eigenvalue weighted by Gasteiger charge is -2.34. The van der Waals surface area contributed by atoms with Gasteiger partial charge in [-0.05, 0) is 23.8 Å². The summed E-state index contributed by atoms with van der Waals surface area (Å²) in [7, 11) is 0. The van der Waals surface area contributed by atoms with Crippen molar-refractivity contribution < 1.29 is 4.79 Å². The third-order valence-electron chi connectivity index (χ3n) is 4.78. The molecule has 0 radical (unpaired) electrons. The maximum atomic E-state index is 12.6. The summed E-state index contributed by atoms with van der Waals surface area (Å²) >= 11 is 3.60. The summed E-state index contributed by atoms with van der Waals surface area (Å²) in [5.41, 5.74) is 2.99. The number of nitrogens with zero attached hydrogens (tertiary/aromatic N) is 5. The molecule has 0 spiro atoms. The second-order valence-electron chi connectivity index (χ2n) is 6.48. The minimum Gasteiger partial charge on any atom is -0.339 e. The van der Waals surface area contributed by atoms with E-state index in [1.807, 2.05) is 35.2 Å². The van der Waals surface area contributed by atoms with Crippen LogP contribution in [0, 0.1) is 0 Å². The van der Waals surface area contributed by atoms with Crippen molar-refractivity contribution in [1.29, 1.82) is 0 Å². The molecular weight excluding hydrogens is 394 g/mol. The van der Waals surface area contributed by atoms with Crippen molar-refractivity contribution in [3.05, 3.63) is 58.6 Å². The van der Waals surface area contributed by atoms with E-state index in [0.29, 0.717) is 0 Å². The minimum absolute atomic E-state index is 0.0983. The fourth-order valence-electron chi connectivity index (χ4n) is 3.29. The summed E-state index contributed by atoms with van der Waals surface area (Å²) in [6.07, 6.45) is 0. The van der Waals surface area contributed by atoms with Crippen LogP contribution in [-0.4, -0.2) is 56.9 Å². The SMILES string of the molecule is O=C(Cn1nnc2ccccc21)N1CCN(Cc2ccccc2Br)CC1. The van der Waals surface area contributed by atoms with Crippen molar-refractivity contribution in [2.45, 2.75) is 13.1 Å². The Morgan fingerprint density at radius 2 is 1.73 bits per heavy atom. The Kier molecular flexibility index (Phi) is 4.99. The quantitative estimate of drug-likeness (QED) is 0.659. The summed E-state index contributed by atoms with van der Waals surface area (Å²) in [6, 6.07) is 16.0. The van der Waals surface area contributed by atoms with Crippen molar-refractivity contribution in [2.24, 2.45) is 0 Å². The molecule has 0 unspecified atom stereocenters. The second-order valence-corrected chi connectivity index (χ2v) is 7.34. The molecule has 7 heteroatoms. The van der Waals surface area contributed by atoms with Gasteiger partial charge in [-0.2, -0.15) is 0 Å². The zero-order chi connectivity index (χ0) is 17.9. The summed E-state index contributed by atoms with van der Waals surface area (Å²) < 4.78 is 2.82. The van der Waals surface area contributed by atoms with Crippen LogP contribution in [0.15, 0.2) is 53.0 Å². The third-order valence-corrected chi connectivity index (χ3v) is 5.56. The highest BCUT2D eigenvalue weighted by Gasteiger charge is 2.22. The number of aromatic nitrogens is 3. The lowest BCUT2D eigenvalue weighted by atomic mass is 10.2. The Bertz CT molecular complexity index is 917. The van der Waals surface area contributed by atoms with Gasteiger partial charge in [-0.15, -0.1) is 5.10 Å². The van der Waals surface area contributed by atoms with Crippen LogP contribution in [0.2, 0.25) is 0 Å². The fourth-order valence-corrected chi connectivity index (χ4v) is 3.70. The molecule has 0 aliphatic carbocycles. The molecule has 0 N–H and O–H groups in total. The first-order valence-electron chi connectivity index (χ1n) is 8.72. The average Bonchev–Trinajstić information content (AvgIpc) is 3.07. The first-order chi connectivity index (χ1) is 12.7. The topological polar surface area (TPSA) is 54.3 Å². The third kappa shape index (κ3) is 3.64. The minimum atomic E-state index is 0.0983. The Morgan fingerprint density at radius 1 is 1.00 bits per heavy atom. The van der Waals surface area contributed by atoms with E-state index in [9.17, 15) is 4.79 Å². The van der Waals surface area contributed by atoms with E-state index in [2.05, 4.69) is 49.3 Å². The number of piperazine rings is 1. The van der Waals surface area contributed by atoms with Crippen molar-refractivity contribution in [3.8, 4) is 0 Å². The summed E-state index contributed by atoms with van der Waals surface area (Å²) in [5, 5.41) is 8.23. The predicted octanol–water partition coefficient (Wildman–Crippen LogP) is 2.54. The molecule has 2 aromatic carbocycles. The van der Waals surface area contributed by atoms with Crippen LogP contribution < -0.4 is 0 Å². The zero-order valence-corrected chi connectivity index (χ0v) is 16.0. The van der Waals surface area contributed by atoms with Gasteiger partial charge in [0.2, 0.25) is 5.91 Å². The summed E-state index contributed by atoms with van der Waals surface area (Å²) in [4.78, 5) is 16.9. The van der Waals surface area contributed by atoms with Gasteiger partial charge < -0.3 is 4.90 Å². The lowest BCUT2D eigenvalue weighted by molar-refractivity contribution is -0.133. The molecular formula is C19H20BrN5O. The van der Waals surface area contributed by atoms with E-state index in [-0.39, 0.29) is 12.5 Å². The predicted molar refractivity (Wildman–Crippen MR) is 104 cm³/mol. The smallest absolute Gasteiger partial charge is 0.244 e. The molecule has 4 rings (SSSR count). The molecule has 0 bridgehead atoms. The number of para-hydroxylation sites is 1. The molecule has 2 heterocycles. The van der Waals surface area contributed by atoms with Crippen LogP contribution in [0.4, 0.5) is 0 Å². The molecule has 1 aromatic heterocycles. The van der Waals surface area contributed by atoms with E-state index < -0.39 is 0 Å². The number of hydrogen-bond acceptors (Lipinski definition) is 4. The molecule has 1 fully saturated rings. The number of carbonyl (C=O) groups excluding carboxylic acids is 1. The number of rotatable bonds is 4. The van der Waals surface area contributed by atoms with Crippen molar-refractivity contribution in [1.82, 2.24) is 24.8 Å². The molecule has 6 nitrogen and oxygen atoms in total. The standard InChI is InChI=1S/C19H20BrN5O/c20-16-6-2-1-5-15(16)13-23-9-11-24(12-10-23)19(26)14-25-18-8-4-3-7-17(18)21-22-25/h1-8H,9-14H2. The van der Waals surface area contributed by atoms with Crippen molar-refractivity contribution in [2.75, 3.05) is 26.2 Å². The van der Waals surface area contributed by atoms with Gasteiger partial charge in [-0.3, -0.25) is 9.69 Å². The second kappa shape index (κ2) is 7.55. The maximum Gasteiger partial charge on any atom is 0.244 e. The maximum absolute atomic E-state index is 12.6. The molecule has 0 saturated carbocycles. The van der Waals surface area contributed by atoms with Crippen molar-refractivity contribution >= 4 is 32.9 Å². The highest BCUT2D eigenvalue weighted by atomic mass is 79.9. The van der Waals surface area contributed by atoms with Gasteiger partial charge in [-0.1, -0.05) is 51.5 Å². The van der Waals surface area contributed by atoms with Crippen molar-refractivity contribution in [3.63, 3.8) is 0 Å². The monoisotopic (exact) mass is 413 g/mol. The summed E-state index contributed by atoms with van der Waals surface area (Å²) in [6.45, 7) is 4.39. The van der Waals surface area contributed by atoms with Gasteiger partial charge in [0.1, 0.15) is 12.1 Å². The highest BCUT2D eigenvalue weighted by molar-refractivity contribution is 9.10. The summed E-state index contributed by atoms with van der Waals surface area (Å²) in [5.74, 6) is 0.0983. The Morgan fingerprint density at radius 3 is 2.54 bits per heavy atom. The molecule has 3 aromatic rings. The van der Waals surface area contributed by atoms with Crippen LogP contribution in [0.3, 0.4) is 0 Å². The molecule has 1 saturated heterocycles. The van der Waals surface area contributed by atoms with Gasteiger partial charge in [0.05, 0.1) is 5.52 Å².